The first-order chi connectivity index (χ1) is 9.72. The van der Waals surface area contributed by atoms with Crippen LogP contribution >= 0.6 is 11.6 Å². The van der Waals surface area contributed by atoms with Gasteiger partial charge in [0.15, 0.2) is 0 Å². The average molecular weight is 313 g/mol. The number of aromatic carboxylic acids is 1. The fourth-order valence-electron chi connectivity index (χ4n) is 2.02. The molecule has 0 fully saturated rings. The van der Waals surface area contributed by atoms with Crippen LogP contribution in [0.15, 0.2) is 18.2 Å². The van der Waals surface area contributed by atoms with E-state index in [0.717, 1.165) is 6.42 Å². The number of urea groups is 1. The van der Waals surface area contributed by atoms with E-state index in [-0.39, 0.29) is 22.7 Å². The Balaban J connectivity index is 2.79. The first kappa shape index (κ1) is 17.3. The van der Waals surface area contributed by atoms with Gasteiger partial charge in [-0.15, -0.1) is 0 Å². The monoisotopic (exact) mass is 312 g/mol. The Morgan fingerprint density at radius 2 is 1.95 bits per heavy atom. The van der Waals surface area contributed by atoms with Crippen LogP contribution in [0.5, 0.6) is 0 Å². The van der Waals surface area contributed by atoms with E-state index in [1.165, 1.54) is 12.1 Å². The Morgan fingerprint density at radius 1 is 1.33 bits per heavy atom. The Bertz CT molecular complexity index is 532. The molecule has 6 heteroatoms. The molecule has 0 radical (unpaired) electrons. The maximum Gasteiger partial charge on any atom is 0.337 e. The van der Waals surface area contributed by atoms with Crippen molar-refractivity contribution in [2.24, 2.45) is 5.92 Å². The van der Waals surface area contributed by atoms with E-state index in [0.29, 0.717) is 11.6 Å². The van der Waals surface area contributed by atoms with Crippen LogP contribution in [0, 0.1) is 5.92 Å². The fourth-order valence-corrected chi connectivity index (χ4v) is 2.22. The molecule has 21 heavy (non-hydrogen) atoms. The largest absolute Gasteiger partial charge is 0.478 e. The second kappa shape index (κ2) is 7.31. The number of halogens is 1. The molecule has 0 saturated carbocycles. The molecule has 0 saturated heterocycles. The minimum absolute atomic E-state index is 0.0349. The maximum absolute atomic E-state index is 12.1. The minimum Gasteiger partial charge on any atom is -0.478 e. The summed E-state index contributed by atoms with van der Waals surface area (Å²) in [5, 5.41) is 11.8. The number of anilines is 1. The lowest BCUT2D eigenvalue weighted by atomic mass is 10.0. The van der Waals surface area contributed by atoms with Crippen molar-refractivity contribution in [3.63, 3.8) is 0 Å². The minimum atomic E-state index is -1.13. The van der Waals surface area contributed by atoms with E-state index in [1.54, 1.807) is 18.0 Å². The molecule has 0 aliphatic heterocycles. The number of carbonyl (C=O) groups excluding carboxylic acids is 1. The molecule has 1 atom stereocenters. The van der Waals surface area contributed by atoms with Crippen LogP contribution in [-0.4, -0.2) is 35.1 Å². The van der Waals surface area contributed by atoms with Gasteiger partial charge in [0.05, 0.1) is 10.6 Å². The second-order valence-electron chi connectivity index (χ2n) is 5.52. The van der Waals surface area contributed by atoms with Crippen LogP contribution in [0.1, 0.15) is 37.6 Å². The molecule has 2 amide bonds. The lowest BCUT2D eigenvalue weighted by molar-refractivity contribution is 0.0697. The van der Waals surface area contributed by atoms with Crippen LogP contribution < -0.4 is 5.32 Å². The molecule has 0 aromatic heterocycles. The summed E-state index contributed by atoms with van der Waals surface area (Å²) >= 11 is 5.79. The van der Waals surface area contributed by atoms with Crippen molar-refractivity contribution in [2.45, 2.75) is 33.2 Å². The van der Waals surface area contributed by atoms with Gasteiger partial charge in [-0.2, -0.15) is 0 Å². The zero-order valence-electron chi connectivity index (χ0n) is 12.7. The quantitative estimate of drug-likeness (QED) is 0.865. The van der Waals surface area contributed by atoms with Gasteiger partial charge in [0, 0.05) is 18.8 Å². The van der Waals surface area contributed by atoms with Gasteiger partial charge in [0.2, 0.25) is 0 Å². The standard InChI is InChI=1S/C15H21ClN2O3/c1-9(2)7-10(3)18(4)15(21)17-11-5-6-13(16)12(8-11)14(19)20/h5-6,8-10H,7H2,1-4H3,(H,17,21)(H,19,20). The van der Waals surface area contributed by atoms with Gasteiger partial charge >= 0.3 is 12.0 Å². The predicted molar refractivity (Wildman–Crippen MR) is 84.1 cm³/mol. The number of nitrogens with zero attached hydrogens (tertiary/aromatic N) is 1. The van der Waals surface area contributed by atoms with Crippen molar-refractivity contribution in [3.8, 4) is 0 Å². The fraction of sp³-hybridized carbons (Fsp3) is 0.467. The highest BCUT2D eigenvalue weighted by atomic mass is 35.5. The Labute approximate surface area is 129 Å². The topological polar surface area (TPSA) is 69.6 Å². The van der Waals surface area contributed by atoms with E-state index >= 15 is 0 Å². The number of nitrogens with one attached hydrogen (secondary N) is 1. The number of hydrogen-bond acceptors (Lipinski definition) is 2. The first-order valence-corrected chi connectivity index (χ1v) is 7.16. The summed E-state index contributed by atoms with van der Waals surface area (Å²) in [6.45, 7) is 6.17. The average Bonchev–Trinajstić information content (AvgIpc) is 2.38. The molecule has 2 N–H and O–H groups in total. The zero-order chi connectivity index (χ0) is 16.2. The van der Waals surface area contributed by atoms with Crippen LogP contribution in [0.25, 0.3) is 0 Å². The third-order valence-electron chi connectivity index (χ3n) is 3.24. The SMILES string of the molecule is CC(C)CC(C)N(C)C(=O)Nc1ccc(Cl)c(C(=O)O)c1. The van der Waals surface area contributed by atoms with Gasteiger partial charge in [-0.3, -0.25) is 0 Å². The van der Waals surface area contributed by atoms with Crippen LogP contribution in [-0.2, 0) is 0 Å². The molecule has 5 nitrogen and oxygen atoms in total. The lowest BCUT2D eigenvalue weighted by Crippen LogP contribution is -2.38. The summed E-state index contributed by atoms with van der Waals surface area (Å²) < 4.78 is 0. The second-order valence-corrected chi connectivity index (χ2v) is 5.93. The highest BCUT2D eigenvalue weighted by Gasteiger charge is 2.17. The molecular formula is C15H21ClN2O3. The summed E-state index contributed by atoms with van der Waals surface area (Å²) in [6, 6.07) is 4.20. The number of hydrogen-bond donors (Lipinski definition) is 2. The van der Waals surface area contributed by atoms with Crippen molar-refractivity contribution in [1.82, 2.24) is 4.90 Å². The van der Waals surface area contributed by atoms with Gasteiger partial charge in [-0.05, 0) is 37.5 Å². The number of amides is 2. The van der Waals surface area contributed by atoms with Gasteiger partial charge in [0.1, 0.15) is 0 Å². The van der Waals surface area contributed by atoms with Crippen LogP contribution in [0.2, 0.25) is 5.02 Å². The van der Waals surface area contributed by atoms with Crippen LogP contribution in [0.3, 0.4) is 0 Å². The first-order valence-electron chi connectivity index (χ1n) is 6.79. The van der Waals surface area contributed by atoms with E-state index in [2.05, 4.69) is 19.2 Å². The molecule has 0 bridgehead atoms. The van der Waals surface area contributed by atoms with E-state index < -0.39 is 5.97 Å². The van der Waals surface area contributed by atoms with E-state index in [1.807, 2.05) is 6.92 Å². The molecule has 1 aromatic rings. The predicted octanol–water partition coefficient (Wildman–Crippen LogP) is 3.94. The summed E-state index contributed by atoms with van der Waals surface area (Å²) in [7, 11) is 1.72. The number of carboxylic acids is 1. The third-order valence-corrected chi connectivity index (χ3v) is 3.57. The Hall–Kier alpha value is -1.75. The number of carbonyl (C=O) groups is 2. The number of rotatable bonds is 5. The van der Waals surface area contributed by atoms with E-state index in [4.69, 9.17) is 16.7 Å². The summed E-state index contributed by atoms with van der Waals surface area (Å²) in [6.07, 6.45) is 0.894. The third kappa shape index (κ3) is 4.93. The summed E-state index contributed by atoms with van der Waals surface area (Å²) in [5.74, 6) is -0.637. The zero-order valence-corrected chi connectivity index (χ0v) is 13.4. The molecule has 1 rings (SSSR count). The van der Waals surface area contributed by atoms with Crippen molar-refractivity contribution >= 4 is 29.3 Å². The molecule has 0 aliphatic rings. The normalized spacial score (nSPS) is 12.1. The van der Waals surface area contributed by atoms with Crippen LogP contribution in [0.4, 0.5) is 10.5 Å². The summed E-state index contributed by atoms with van der Waals surface area (Å²) in [4.78, 5) is 24.8. The highest BCUT2D eigenvalue weighted by Crippen LogP contribution is 2.21. The molecule has 0 spiro atoms. The Morgan fingerprint density at radius 3 is 2.48 bits per heavy atom. The Kier molecular flexibility index (Phi) is 6.03. The molecular weight excluding hydrogens is 292 g/mol. The molecule has 1 unspecified atom stereocenters. The van der Waals surface area contributed by atoms with Gasteiger partial charge in [0.25, 0.3) is 0 Å². The smallest absolute Gasteiger partial charge is 0.337 e. The summed E-state index contributed by atoms with van der Waals surface area (Å²) in [5.41, 5.74) is 0.373. The molecule has 0 aliphatic carbocycles. The highest BCUT2D eigenvalue weighted by molar-refractivity contribution is 6.33. The van der Waals surface area contributed by atoms with Crippen molar-refractivity contribution in [2.75, 3.05) is 12.4 Å². The van der Waals surface area contributed by atoms with Crippen molar-refractivity contribution in [1.29, 1.82) is 0 Å². The number of benzene rings is 1. The molecule has 0 heterocycles. The molecule has 116 valence electrons. The van der Waals surface area contributed by atoms with Gasteiger partial charge in [-0.25, -0.2) is 9.59 Å². The lowest BCUT2D eigenvalue weighted by Gasteiger charge is -2.26. The number of carboxylic acid groups (broad SMARTS) is 1. The van der Waals surface area contributed by atoms with E-state index in [9.17, 15) is 9.59 Å². The molecule has 1 aromatic carbocycles. The van der Waals surface area contributed by atoms with Crippen molar-refractivity contribution in [3.05, 3.63) is 28.8 Å². The van der Waals surface area contributed by atoms with Crippen molar-refractivity contribution < 1.29 is 14.7 Å². The maximum atomic E-state index is 12.1. The van der Waals surface area contributed by atoms with Gasteiger partial charge in [-0.1, -0.05) is 25.4 Å². The van der Waals surface area contributed by atoms with Gasteiger partial charge < -0.3 is 15.3 Å².